The number of halogens is 1. The van der Waals surface area contributed by atoms with Crippen LogP contribution < -0.4 is 10.1 Å². The van der Waals surface area contributed by atoms with Gasteiger partial charge in [-0.2, -0.15) is 0 Å². The minimum atomic E-state index is -1.38. The third kappa shape index (κ3) is 5.08. The van der Waals surface area contributed by atoms with Crippen molar-refractivity contribution in [1.82, 2.24) is 10.2 Å². The average molecular weight is 334 g/mol. The number of nitrogens with one attached hydrogen (secondary N) is 1. The van der Waals surface area contributed by atoms with Gasteiger partial charge in [0.25, 0.3) is 0 Å². The SMILES string of the molecule is C=CC(=O)NCC(=O)N1CCc2cc(OCC(C)(C)F)ccc2C1. The zero-order chi connectivity index (χ0) is 17.7. The van der Waals surface area contributed by atoms with E-state index in [1.54, 1.807) is 11.0 Å². The predicted octanol–water partition coefficient (Wildman–Crippen LogP) is 2.00. The Kier molecular flexibility index (Phi) is 5.59. The lowest BCUT2D eigenvalue weighted by Crippen LogP contribution is -2.42. The highest BCUT2D eigenvalue weighted by atomic mass is 19.1. The number of benzene rings is 1. The molecule has 1 aliphatic rings. The Bertz CT molecular complexity index is 638. The molecule has 1 aliphatic heterocycles. The van der Waals surface area contributed by atoms with Crippen LogP contribution in [0.3, 0.4) is 0 Å². The lowest BCUT2D eigenvalue weighted by Gasteiger charge is -2.29. The highest BCUT2D eigenvalue weighted by Crippen LogP contribution is 2.24. The molecule has 0 bridgehead atoms. The fourth-order valence-corrected chi connectivity index (χ4v) is 2.43. The molecule has 0 saturated heterocycles. The van der Waals surface area contributed by atoms with E-state index in [4.69, 9.17) is 4.74 Å². The Labute approximate surface area is 141 Å². The fourth-order valence-electron chi connectivity index (χ4n) is 2.43. The summed E-state index contributed by atoms with van der Waals surface area (Å²) in [4.78, 5) is 25.0. The van der Waals surface area contributed by atoms with Crippen molar-refractivity contribution in [3.63, 3.8) is 0 Å². The molecule has 0 unspecified atom stereocenters. The van der Waals surface area contributed by atoms with Gasteiger partial charge in [-0.3, -0.25) is 9.59 Å². The molecule has 0 saturated carbocycles. The van der Waals surface area contributed by atoms with Gasteiger partial charge in [0.2, 0.25) is 11.8 Å². The van der Waals surface area contributed by atoms with Crippen LogP contribution in [0.4, 0.5) is 4.39 Å². The van der Waals surface area contributed by atoms with Gasteiger partial charge >= 0.3 is 0 Å². The minimum absolute atomic E-state index is 0.000596. The second kappa shape index (κ2) is 7.47. The molecule has 6 heteroatoms. The minimum Gasteiger partial charge on any atom is -0.490 e. The summed E-state index contributed by atoms with van der Waals surface area (Å²) in [5, 5.41) is 2.49. The number of hydrogen-bond donors (Lipinski definition) is 1. The zero-order valence-electron chi connectivity index (χ0n) is 14.1. The molecule has 130 valence electrons. The van der Waals surface area contributed by atoms with Crippen LogP contribution in [0.5, 0.6) is 5.75 Å². The van der Waals surface area contributed by atoms with Crippen LogP contribution >= 0.6 is 0 Å². The van der Waals surface area contributed by atoms with Crippen molar-refractivity contribution < 1.29 is 18.7 Å². The highest BCUT2D eigenvalue weighted by molar-refractivity contribution is 5.90. The molecule has 1 N–H and O–H groups in total. The number of carbonyl (C=O) groups is 2. The van der Waals surface area contributed by atoms with Crippen molar-refractivity contribution in [3.05, 3.63) is 42.0 Å². The normalized spacial score (nSPS) is 13.9. The number of alkyl halides is 1. The highest BCUT2D eigenvalue weighted by Gasteiger charge is 2.22. The van der Waals surface area contributed by atoms with Gasteiger partial charge in [0, 0.05) is 13.1 Å². The van der Waals surface area contributed by atoms with Crippen molar-refractivity contribution in [2.24, 2.45) is 0 Å². The number of ether oxygens (including phenoxy) is 1. The molecule has 0 fully saturated rings. The molecule has 2 amide bonds. The van der Waals surface area contributed by atoms with E-state index in [2.05, 4.69) is 11.9 Å². The maximum atomic E-state index is 13.5. The van der Waals surface area contributed by atoms with Crippen LogP contribution in [0.2, 0.25) is 0 Å². The lowest BCUT2D eigenvalue weighted by molar-refractivity contribution is -0.132. The second-order valence-corrected chi connectivity index (χ2v) is 6.43. The molecular formula is C18H23FN2O3. The summed E-state index contributed by atoms with van der Waals surface area (Å²) >= 11 is 0. The fraction of sp³-hybridized carbons (Fsp3) is 0.444. The van der Waals surface area contributed by atoms with Crippen LogP contribution in [0, 0.1) is 0 Å². The first kappa shape index (κ1) is 18.0. The lowest BCUT2D eigenvalue weighted by atomic mass is 9.99. The molecule has 2 rings (SSSR count). The van der Waals surface area contributed by atoms with Gasteiger partial charge in [0.15, 0.2) is 0 Å². The van der Waals surface area contributed by atoms with Crippen LogP contribution in [0.25, 0.3) is 0 Å². The van der Waals surface area contributed by atoms with Crippen LogP contribution in [0.15, 0.2) is 30.9 Å². The molecule has 5 nitrogen and oxygen atoms in total. The molecule has 0 aromatic heterocycles. The third-order valence-corrected chi connectivity index (χ3v) is 3.72. The van der Waals surface area contributed by atoms with Gasteiger partial charge in [-0.25, -0.2) is 4.39 Å². The first-order chi connectivity index (χ1) is 11.3. The van der Waals surface area contributed by atoms with E-state index in [9.17, 15) is 14.0 Å². The molecule has 0 spiro atoms. The summed E-state index contributed by atoms with van der Waals surface area (Å²) < 4.78 is 19.0. The standard InChI is InChI=1S/C18H23FN2O3/c1-4-16(22)20-10-17(23)21-8-7-13-9-15(6-5-14(13)11-21)24-12-18(2,3)19/h4-6,9H,1,7-8,10-12H2,2-3H3,(H,20,22). The molecule has 0 radical (unpaired) electrons. The largest absolute Gasteiger partial charge is 0.490 e. The van der Waals surface area contributed by atoms with E-state index in [1.807, 2.05) is 12.1 Å². The van der Waals surface area contributed by atoms with Crippen molar-refractivity contribution in [1.29, 1.82) is 0 Å². The maximum absolute atomic E-state index is 13.5. The van der Waals surface area contributed by atoms with E-state index in [0.717, 1.165) is 17.2 Å². The topological polar surface area (TPSA) is 58.6 Å². The Morgan fingerprint density at radius 1 is 1.42 bits per heavy atom. The van der Waals surface area contributed by atoms with Crippen molar-refractivity contribution in [3.8, 4) is 5.75 Å². The van der Waals surface area contributed by atoms with E-state index in [-0.39, 0.29) is 25.0 Å². The van der Waals surface area contributed by atoms with Gasteiger partial charge in [-0.1, -0.05) is 12.6 Å². The molecule has 1 heterocycles. The molecule has 1 aromatic carbocycles. The summed E-state index contributed by atoms with van der Waals surface area (Å²) in [6.45, 7) is 7.33. The molecular weight excluding hydrogens is 311 g/mol. The predicted molar refractivity (Wildman–Crippen MR) is 89.5 cm³/mol. The number of hydrogen-bond acceptors (Lipinski definition) is 3. The smallest absolute Gasteiger partial charge is 0.243 e. The van der Waals surface area contributed by atoms with E-state index >= 15 is 0 Å². The van der Waals surface area contributed by atoms with E-state index in [1.165, 1.54) is 13.8 Å². The summed E-state index contributed by atoms with van der Waals surface area (Å²) in [5.41, 5.74) is 0.759. The van der Waals surface area contributed by atoms with Crippen molar-refractivity contribution >= 4 is 11.8 Å². The van der Waals surface area contributed by atoms with Gasteiger partial charge in [-0.15, -0.1) is 0 Å². The third-order valence-electron chi connectivity index (χ3n) is 3.72. The Hall–Kier alpha value is -2.37. The Balaban J connectivity index is 1.95. The number of amides is 2. The van der Waals surface area contributed by atoms with Crippen molar-refractivity contribution in [2.45, 2.75) is 32.5 Å². The molecule has 0 aliphatic carbocycles. The second-order valence-electron chi connectivity index (χ2n) is 6.43. The molecule has 0 atom stereocenters. The van der Waals surface area contributed by atoms with Crippen LogP contribution in [0.1, 0.15) is 25.0 Å². The summed E-state index contributed by atoms with van der Waals surface area (Å²) in [6, 6.07) is 5.60. The first-order valence-electron chi connectivity index (χ1n) is 7.90. The summed E-state index contributed by atoms with van der Waals surface area (Å²) in [5.74, 6) is 0.145. The van der Waals surface area contributed by atoms with Crippen molar-refractivity contribution in [2.75, 3.05) is 19.7 Å². The van der Waals surface area contributed by atoms with E-state index in [0.29, 0.717) is 25.3 Å². The number of nitrogens with zero attached hydrogens (tertiary/aromatic N) is 1. The first-order valence-corrected chi connectivity index (χ1v) is 7.90. The maximum Gasteiger partial charge on any atom is 0.243 e. The van der Waals surface area contributed by atoms with Gasteiger partial charge in [0.05, 0.1) is 6.54 Å². The number of rotatable bonds is 6. The van der Waals surface area contributed by atoms with Crippen LogP contribution in [-0.2, 0) is 22.6 Å². The molecule has 24 heavy (non-hydrogen) atoms. The molecule has 1 aromatic rings. The zero-order valence-corrected chi connectivity index (χ0v) is 14.1. The van der Waals surface area contributed by atoms with Gasteiger partial charge in [-0.05, 0) is 49.6 Å². The quantitative estimate of drug-likeness (QED) is 0.810. The Morgan fingerprint density at radius 2 is 2.17 bits per heavy atom. The van der Waals surface area contributed by atoms with E-state index < -0.39 is 5.67 Å². The summed E-state index contributed by atoms with van der Waals surface area (Å²) in [7, 11) is 0. The van der Waals surface area contributed by atoms with Gasteiger partial charge in [0.1, 0.15) is 18.0 Å². The number of carbonyl (C=O) groups excluding carboxylic acids is 2. The van der Waals surface area contributed by atoms with Gasteiger partial charge < -0.3 is 15.0 Å². The Morgan fingerprint density at radius 3 is 2.83 bits per heavy atom. The monoisotopic (exact) mass is 334 g/mol. The van der Waals surface area contributed by atoms with Crippen LogP contribution in [-0.4, -0.2) is 42.1 Å². The summed E-state index contributed by atoms with van der Waals surface area (Å²) in [6.07, 6.45) is 1.84. The average Bonchev–Trinajstić information content (AvgIpc) is 2.56. The number of fused-ring (bicyclic) bond motifs is 1.